The lowest BCUT2D eigenvalue weighted by atomic mass is 10.4. The number of carboxylic acid groups (broad SMARTS) is 1. The van der Waals surface area contributed by atoms with Gasteiger partial charge in [0.15, 0.2) is 0 Å². The molecule has 0 spiro atoms. The van der Waals surface area contributed by atoms with Gasteiger partial charge in [-0.15, -0.1) is 0 Å². The number of sulfonamides is 1. The highest BCUT2D eigenvalue weighted by Crippen LogP contribution is 2.26. The molecule has 1 aromatic carbocycles. The van der Waals surface area contributed by atoms with Crippen molar-refractivity contribution in [2.24, 2.45) is 0 Å². The average Bonchev–Trinajstić information content (AvgIpc) is 2.36. The minimum absolute atomic E-state index is 0.00113. The van der Waals surface area contributed by atoms with Gasteiger partial charge in [0.05, 0.1) is 9.92 Å². The van der Waals surface area contributed by atoms with Gasteiger partial charge in [-0.05, 0) is 48.2 Å². The molecule has 0 atom stereocenters. The van der Waals surface area contributed by atoms with Gasteiger partial charge in [0.25, 0.3) is 0 Å². The maximum absolute atomic E-state index is 12.5. The molecular weight excluding hydrogens is 384 g/mol. The van der Waals surface area contributed by atoms with Gasteiger partial charge in [0.1, 0.15) is 6.54 Å². The summed E-state index contributed by atoms with van der Waals surface area (Å²) in [5, 5.41) is 9.29. The minimum Gasteiger partial charge on any atom is -0.480 e. The van der Waals surface area contributed by atoms with Gasteiger partial charge >= 0.3 is 5.97 Å². The maximum Gasteiger partial charge on any atom is 0.318 e. The van der Waals surface area contributed by atoms with Gasteiger partial charge in [-0.3, -0.25) is 4.79 Å². The molecule has 0 aliphatic heterocycles. The number of nitrogens with zero attached hydrogens (tertiary/aromatic N) is 2. The zero-order chi connectivity index (χ0) is 16.2. The number of aliphatic carboxylic acids is 1. The van der Waals surface area contributed by atoms with Crippen molar-refractivity contribution < 1.29 is 18.3 Å². The Morgan fingerprint density at radius 1 is 1.33 bits per heavy atom. The second-order valence-corrected chi connectivity index (χ2v) is 7.81. The first-order valence-corrected chi connectivity index (χ1v) is 8.57. The Hall–Kier alpha value is -0.670. The molecule has 0 amide bonds. The Bertz CT molecular complexity index is 622. The van der Waals surface area contributed by atoms with Crippen molar-refractivity contribution in [2.75, 3.05) is 33.7 Å². The van der Waals surface area contributed by atoms with Gasteiger partial charge in [-0.1, -0.05) is 11.6 Å². The van der Waals surface area contributed by atoms with Crippen molar-refractivity contribution in [3.63, 3.8) is 0 Å². The Kier molecular flexibility index (Phi) is 6.61. The molecule has 0 fully saturated rings. The second kappa shape index (κ2) is 7.55. The van der Waals surface area contributed by atoms with E-state index in [1.165, 1.54) is 18.2 Å². The van der Waals surface area contributed by atoms with Gasteiger partial charge in [0, 0.05) is 17.6 Å². The Balaban J connectivity index is 3.12. The highest BCUT2D eigenvalue weighted by Gasteiger charge is 2.26. The maximum atomic E-state index is 12.5. The average molecular weight is 400 g/mol. The number of rotatable bonds is 7. The largest absolute Gasteiger partial charge is 0.480 e. The van der Waals surface area contributed by atoms with Gasteiger partial charge < -0.3 is 10.0 Å². The number of hydrogen-bond acceptors (Lipinski definition) is 4. The first-order chi connectivity index (χ1) is 9.64. The molecule has 1 aromatic rings. The summed E-state index contributed by atoms with van der Waals surface area (Å²) in [5.74, 6) is -1.20. The molecule has 0 heterocycles. The fourth-order valence-electron chi connectivity index (χ4n) is 1.53. The number of carboxylic acids is 1. The number of hydrogen-bond donors (Lipinski definition) is 1. The lowest BCUT2D eigenvalue weighted by molar-refractivity contribution is -0.137. The summed E-state index contributed by atoms with van der Waals surface area (Å²) >= 11 is 9.00. The van der Waals surface area contributed by atoms with E-state index in [9.17, 15) is 13.2 Å². The lowest BCUT2D eigenvalue weighted by Crippen LogP contribution is -2.39. The Morgan fingerprint density at radius 2 is 1.95 bits per heavy atom. The molecule has 0 saturated heterocycles. The predicted octanol–water partition coefficient (Wildman–Crippen LogP) is 1.74. The number of benzene rings is 1. The molecule has 0 radical (unpaired) electrons. The zero-order valence-electron chi connectivity index (χ0n) is 11.6. The SMILES string of the molecule is CN(C)CCN(CC(=O)O)S(=O)(=O)c1ccc(Cl)c(Br)c1. The standard InChI is InChI=1S/C12H16BrClN2O4S/c1-15(2)5-6-16(8-12(17)18)21(19,20)9-3-4-11(14)10(13)7-9/h3-4,7H,5-6,8H2,1-2H3,(H,17,18). The van der Waals surface area contributed by atoms with E-state index < -0.39 is 22.5 Å². The summed E-state index contributed by atoms with van der Waals surface area (Å²) in [6, 6.07) is 4.17. The molecule has 1 N–H and O–H groups in total. The summed E-state index contributed by atoms with van der Waals surface area (Å²) in [7, 11) is -0.329. The van der Waals surface area contributed by atoms with Crippen LogP contribution in [0.3, 0.4) is 0 Å². The summed E-state index contributed by atoms with van der Waals surface area (Å²) in [5.41, 5.74) is 0. The highest BCUT2D eigenvalue weighted by atomic mass is 79.9. The van der Waals surface area contributed by atoms with Crippen LogP contribution >= 0.6 is 27.5 Å². The number of carbonyl (C=O) groups is 1. The molecule has 0 saturated carbocycles. The van der Waals surface area contributed by atoms with E-state index in [1.54, 1.807) is 19.0 Å². The quantitative estimate of drug-likeness (QED) is 0.755. The van der Waals surface area contributed by atoms with E-state index in [0.29, 0.717) is 16.0 Å². The third-order valence-corrected chi connectivity index (χ3v) is 5.69. The first-order valence-electron chi connectivity index (χ1n) is 5.96. The van der Waals surface area contributed by atoms with Crippen molar-refractivity contribution in [3.05, 3.63) is 27.7 Å². The van der Waals surface area contributed by atoms with E-state index >= 15 is 0 Å². The smallest absolute Gasteiger partial charge is 0.318 e. The van der Waals surface area contributed by atoms with E-state index in [4.69, 9.17) is 16.7 Å². The number of halogens is 2. The van der Waals surface area contributed by atoms with Crippen LogP contribution < -0.4 is 0 Å². The number of likely N-dealkylation sites (N-methyl/N-ethyl adjacent to an activating group) is 1. The topological polar surface area (TPSA) is 77.9 Å². The van der Waals surface area contributed by atoms with Crippen LogP contribution in [-0.2, 0) is 14.8 Å². The molecule has 1 rings (SSSR count). The second-order valence-electron chi connectivity index (χ2n) is 4.61. The fraction of sp³-hybridized carbons (Fsp3) is 0.417. The van der Waals surface area contributed by atoms with Crippen LogP contribution in [0.15, 0.2) is 27.6 Å². The summed E-state index contributed by atoms with van der Waals surface area (Å²) < 4.78 is 26.4. The normalized spacial score (nSPS) is 12.1. The van der Waals surface area contributed by atoms with Crippen LogP contribution in [0, 0.1) is 0 Å². The Morgan fingerprint density at radius 3 is 2.43 bits per heavy atom. The molecule has 0 bridgehead atoms. The van der Waals surface area contributed by atoms with E-state index in [-0.39, 0.29) is 11.4 Å². The fourth-order valence-corrected chi connectivity index (χ4v) is 3.59. The molecule has 9 heteroatoms. The molecule has 0 unspecified atom stereocenters. The molecule has 0 aliphatic carbocycles. The molecule has 21 heavy (non-hydrogen) atoms. The zero-order valence-corrected chi connectivity index (χ0v) is 14.7. The summed E-state index contributed by atoms with van der Waals surface area (Å²) in [4.78, 5) is 12.7. The van der Waals surface area contributed by atoms with Crippen molar-refractivity contribution in [3.8, 4) is 0 Å². The van der Waals surface area contributed by atoms with Gasteiger partial charge in [0.2, 0.25) is 10.0 Å². The third-order valence-electron chi connectivity index (χ3n) is 2.64. The van der Waals surface area contributed by atoms with Gasteiger partial charge in [-0.25, -0.2) is 8.42 Å². The van der Waals surface area contributed by atoms with Crippen molar-refractivity contribution in [2.45, 2.75) is 4.90 Å². The molecule has 6 nitrogen and oxygen atoms in total. The van der Waals surface area contributed by atoms with Crippen LogP contribution in [0.5, 0.6) is 0 Å². The first kappa shape index (κ1) is 18.4. The Labute approximate surface area is 137 Å². The van der Waals surface area contributed by atoms with E-state index in [2.05, 4.69) is 15.9 Å². The van der Waals surface area contributed by atoms with E-state index in [0.717, 1.165) is 4.31 Å². The van der Waals surface area contributed by atoms with Crippen LogP contribution in [0.2, 0.25) is 5.02 Å². The predicted molar refractivity (Wildman–Crippen MR) is 84.1 cm³/mol. The van der Waals surface area contributed by atoms with Crippen molar-refractivity contribution in [1.29, 1.82) is 0 Å². The third kappa shape index (κ3) is 5.23. The molecule has 118 valence electrons. The van der Waals surface area contributed by atoms with Crippen LogP contribution in [0.25, 0.3) is 0 Å². The van der Waals surface area contributed by atoms with Crippen LogP contribution in [0.1, 0.15) is 0 Å². The molecule has 0 aromatic heterocycles. The monoisotopic (exact) mass is 398 g/mol. The van der Waals surface area contributed by atoms with Crippen LogP contribution in [-0.4, -0.2) is 62.4 Å². The summed E-state index contributed by atoms with van der Waals surface area (Å²) in [6.07, 6.45) is 0. The van der Waals surface area contributed by atoms with E-state index in [1.807, 2.05) is 0 Å². The van der Waals surface area contributed by atoms with Crippen LogP contribution in [0.4, 0.5) is 0 Å². The van der Waals surface area contributed by atoms with Crippen molar-refractivity contribution >= 4 is 43.5 Å². The lowest BCUT2D eigenvalue weighted by Gasteiger charge is -2.22. The summed E-state index contributed by atoms with van der Waals surface area (Å²) in [6.45, 7) is -0.0838. The highest BCUT2D eigenvalue weighted by molar-refractivity contribution is 9.10. The van der Waals surface area contributed by atoms with Crippen molar-refractivity contribution in [1.82, 2.24) is 9.21 Å². The molecular formula is C12H16BrClN2O4S. The molecule has 0 aliphatic rings. The van der Waals surface area contributed by atoms with Gasteiger partial charge in [-0.2, -0.15) is 4.31 Å². The minimum atomic E-state index is -3.89.